The fourth-order valence-electron chi connectivity index (χ4n) is 2.61. The lowest BCUT2D eigenvalue weighted by molar-refractivity contribution is 1.29. The maximum Gasteiger partial charge on any atom is 0.454 e. The van der Waals surface area contributed by atoms with Crippen molar-refractivity contribution in [3.63, 3.8) is 0 Å². The molecule has 1 nitrogen and oxygen atoms in total. The van der Waals surface area contributed by atoms with Crippen LogP contribution >= 0.6 is 33.2 Å². The topological polar surface area (TPSA) is 3.24 Å². The molecular formula is C18H17Cl3NSi3+. The van der Waals surface area contributed by atoms with Crippen molar-refractivity contribution in [3.05, 3.63) is 72.8 Å². The van der Waals surface area contributed by atoms with Gasteiger partial charge in [0.15, 0.2) is 0 Å². The standard InChI is InChI=1S/C18H17Cl3NSi3/c19-24-17-9-3-14(4-10-17)22(13-1-7-16(23)8-2-13)15-5-11-18(12-6-15)25(20)21/h1-12,24-25H,23H3/q+1. The summed E-state index contributed by atoms with van der Waals surface area (Å²) in [5.41, 5.74) is 3.32. The van der Waals surface area contributed by atoms with E-state index in [1.807, 2.05) is 12.1 Å². The Hall–Kier alpha value is -1.02. The third-order valence-electron chi connectivity index (χ3n) is 3.97. The summed E-state index contributed by atoms with van der Waals surface area (Å²) in [4.78, 5) is 2.23. The summed E-state index contributed by atoms with van der Waals surface area (Å²) in [6.07, 6.45) is 0. The minimum Gasteiger partial charge on any atom is -0.311 e. The zero-order chi connectivity index (χ0) is 17.8. The van der Waals surface area contributed by atoms with Crippen LogP contribution in [0.15, 0.2) is 72.8 Å². The summed E-state index contributed by atoms with van der Waals surface area (Å²) in [7, 11) is -0.970. The first-order valence-electron chi connectivity index (χ1n) is 7.87. The van der Waals surface area contributed by atoms with Gasteiger partial charge in [-0.05, 0) is 53.7 Å². The van der Waals surface area contributed by atoms with Crippen molar-refractivity contribution in [2.24, 2.45) is 0 Å². The van der Waals surface area contributed by atoms with Gasteiger partial charge in [-0.2, -0.15) is 0 Å². The smallest absolute Gasteiger partial charge is 0.311 e. The van der Waals surface area contributed by atoms with E-state index in [2.05, 4.69) is 65.6 Å². The monoisotopic (exact) mass is 436 g/mol. The highest BCUT2D eigenvalue weighted by atomic mass is 35.7. The number of hydrogen-bond donors (Lipinski definition) is 0. The van der Waals surface area contributed by atoms with Crippen LogP contribution in [-0.2, 0) is 0 Å². The maximum atomic E-state index is 6.10. The quantitative estimate of drug-likeness (QED) is 0.437. The lowest BCUT2D eigenvalue weighted by Crippen LogP contribution is -2.19. The van der Waals surface area contributed by atoms with E-state index in [0.29, 0.717) is 0 Å². The summed E-state index contributed by atoms with van der Waals surface area (Å²) in [6.45, 7) is 0. The molecule has 0 aliphatic carbocycles. The van der Waals surface area contributed by atoms with E-state index in [0.717, 1.165) is 32.5 Å². The second-order valence-corrected chi connectivity index (χ2v) is 13.0. The average Bonchev–Trinajstić information content (AvgIpc) is 2.64. The maximum absolute atomic E-state index is 6.10. The van der Waals surface area contributed by atoms with Gasteiger partial charge in [-0.25, -0.2) is 0 Å². The third-order valence-corrected chi connectivity index (χ3v) is 8.43. The van der Waals surface area contributed by atoms with Crippen molar-refractivity contribution in [1.82, 2.24) is 0 Å². The van der Waals surface area contributed by atoms with Crippen LogP contribution in [0.2, 0.25) is 0 Å². The average molecular weight is 438 g/mol. The van der Waals surface area contributed by atoms with Crippen LogP contribution in [0.4, 0.5) is 17.1 Å². The summed E-state index contributed by atoms with van der Waals surface area (Å²) < 4.78 is 0. The fourth-order valence-corrected chi connectivity index (χ4v) is 5.07. The lowest BCUT2D eigenvalue weighted by Gasteiger charge is -2.25. The van der Waals surface area contributed by atoms with E-state index in [-0.39, 0.29) is 8.83 Å². The molecule has 25 heavy (non-hydrogen) atoms. The van der Waals surface area contributed by atoms with Crippen molar-refractivity contribution in [2.75, 3.05) is 4.90 Å². The molecule has 0 aliphatic rings. The number of nitrogens with zero attached hydrogens (tertiary/aromatic N) is 1. The first-order chi connectivity index (χ1) is 12.1. The van der Waals surface area contributed by atoms with Crippen LogP contribution in [0.25, 0.3) is 0 Å². The molecule has 0 aliphatic heterocycles. The van der Waals surface area contributed by atoms with Gasteiger partial charge in [0.1, 0.15) is 5.19 Å². The number of benzene rings is 3. The Balaban J connectivity index is 2.05. The van der Waals surface area contributed by atoms with Crippen LogP contribution in [0, 0.1) is 0 Å². The molecule has 0 radical (unpaired) electrons. The molecule has 0 N–H and O–H groups in total. The zero-order valence-corrected chi connectivity index (χ0v) is 20.2. The molecule has 7 heteroatoms. The fraction of sp³-hybridized carbons (Fsp3) is 0. The molecule has 0 saturated heterocycles. The molecule has 0 aromatic heterocycles. The van der Waals surface area contributed by atoms with E-state index in [1.54, 1.807) is 0 Å². The van der Waals surface area contributed by atoms with Gasteiger partial charge in [-0.15, -0.1) is 22.2 Å². The minimum absolute atomic E-state index is 0.191. The predicted octanol–water partition coefficient (Wildman–Crippen LogP) is 2.27. The number of hydrogen-bond acceptors (Lipinski definition) is 1. The van der Waals surface area contributed by atoms with Gasteiger partial charge >= 0.3 is 8.83 Å². The number of halogens is 3. The highest BCUT2D eigenvalue weighted by Crippen LogP contribution is 2.33. The van der Waals surface area contributed by atoms with Gasteiger partial charge < -0.3 is 4.90 Å². The highest BCUT2D eigenvalue weighted by molar-refractivity contribution is 7.39. The van der Waals surface area contributed by atoms with Crippen molar-refractivity contribution >= 4 is 92.3 Å². The van der Waals surface area contributed by atoms with Crippen molar-refractivity contribution in [1.29, 1.82) is 0 Å². The first kappa shape index (κ1) is 18.8. The molecule has 0 heterocycles. The molecule has 0 bridgehead atoms. The van der Waals surface area contributed by atoms with Crippen molar-refractivity contribution in [2.45, 2.75) is 0 Å². The normalized spacial score (nSPS) is 10.9. The van der Waals surface area contributed by atoms with E-state index in [4.69, 9.17) is 33.2 Å². The third kappa shape index (κ3) is 4.58. The predicted molar refractivity (Wildman–Crippen MR) is 122 cm³/mol. The Kier molecular flexibility index (Phi) is 6.44. The number of anilines is 3. The largest absolute Gasteiger partial charge is 0.454 e. The Morgan fingerprint density at radius 1 is 0.720 bits per heavy atom. The van der Waals surface area contributed by atoms with Crippen LogP contribution < -0.4 is 20.5 Å². The molecule has 3 aromatic rings. The molecule has 3 rings (SSSR count). The van der Waals surface area contributed by atoms with Gasteiger partial charge in [0.05, 0.1) is 11.1 Å². The molecule has 0 unspecified atom stereocenters. The van der Waals surface area contributed by atoms with E-state index in [1.165, 1.54) is 10.4 Å². The van der Waals surface area contributed by atoms with Crippen molar-refractivity contribution in [3.8, 4) is 0 Å². The van der Waals surface area contributed by atoms with Crippen molar-refractivity contribution < 1.29 is 0 Å². The summed E-state index contributed by atoms with van der Waals surface area (Å²) >= 11 is 18.2. The molecular weight excluding hydrogens is 421 g/mol. The molecule has 3 aromatic carbocycles. The summed E-state index contributed by atoms with van der Waals surface area (Å²) in [6, 6.07) is 25.3. The molecule has 126 valence electrons. The molecule has 0 fully saturated rings. The Bertz CT molecular complexity index is 822. The van der Waals surface area contributed by atoms with E-state index >= 15 is 0 Å². The van der Waals surface area contributed by atoms with Gasteiger partial charge in [-0.3, -0.25) is 0 Å². The lowest BCUT2D eigenvalue weighted by atomic mass is 10.2. The Morgan fingerprint density at radius 2 is 1.16 bits per heavy atom. The first-order valence-corrected chi connectivity index (χ1v) is 15.3. The van der Waals surface area contributed by atoms with Gasteiger partial charge in [0.2, 0.25) is 0 Å². The Labute approximate surface area is 169 Å². The summed E-state index contributed by atoms with van der Waals surface area (Å²) in [5.74, 6) is 0. The minimum atomic E-state index is -1.83. The Morgan fingerprint density at radius 3 is 1.60 bits per heavy atom. The van der Waals surface area contributed by atoms with Gasteiger partial charge in [0.25, 0.3) is 7.42 Å². The van der Waals surface area contributed by atoms with Crippen LogP contribution in [0.3, 0.4) is 0 Å². The molecule has 0 amide bonds. The second kappa shape index (κ2) is 8.58. The SMILES string of the molecule is [SiH3]c1ccc(N(c2ccc([SiH+]Cl)cc2)c2ccc([SiH](Cl)Cl)cc2)cc1. The highest BCUT2D eigenvalue weighted by Gasteiger charge is 2.15. The van der Waals surface area contributed by atoms with Crippen LogP contribution in [-0.4, -0.2) is 26.5 Å². The zero-order valence-electron chi connectivity index (χ0n) is 13.7. The van der Waals surface area contributed by atoms with Gasteiger partial charge in [-0.1, -0.05) is 29.5 Å². The second-order valence-electron chi connectivity index (χ2n) is 5.76. The van der Waals surface area contributed by atoms with Crippen LogP contribution in [0.1, 0.15) is 0 Å². The van der Waals surface area contributed by atoms with E-state index < -0.39 is 7.42 Å². The van der Waals surface area contributed by atoms with Gasteiger partial charge in [0, 0.05) is 27.3 Å². The molecule has 0 spiro atoms. The van der Waals surface area contributed by atoms with E-state index in [9.17, 15) is 0 Å². The van der Waals surface area contributed by atoms with Crippen LogP contribution in [0.5, 0.6) is 0 Å². The molecule has 0 saturated carbocycles. The summed E-state index contributed by atoms with van der Waals surface area (Å²) in [5, 5.41) is 3.59. The molecule has 0 atom stereocenters. The number of rotatable bonds is 5.